The van der Waals surface area contributed by atoms with Crippen LogP contribution in [-0.4, -0.2) is 17.6 Å². The number of hydrogen-bond donors (Lipinski definition) is 2. The smallest absolute Gasteiger partial charge is 0.308 e. The zero-order valence-electron chi connectivity index (χ0n) is 8.79. The summed E-state index contributed by atoms with van der Waals surface area (Å²) in [5.41, 5.74) is 5.40. The fraction of sp³-hybridized carbons (Fsp3) is 0.900. The van der Waals surface area contributed by atoms with Crippen molar-refractivity contribution in [2.45, 2.75) is 33.6 Å². The van der Waals surface area contributed by atoms with Crippen LogP contribution in [0.25, 0.3) is 0 Å². The van der Waals surface area contributed by atoms with Crippen LogP contribution in [-0.2, 0) is 4.79 Å². The molecule has 0 rings (SSSR count). The van der Waals surface area contributed by atoms with Gasteiger partial charge in [0.15, 0.2) is 0 Å². The van der Waals surface area contributed by atoms with E-state index in [4.69, 9.17) is 10.8 Å². The van der Waals surface area contributed by atoms with Crippen LogP contribution < -0.4 is 5.73 Å². The van der Waals surface area contributed by atoms with Gasteiger partial charge in [0.05, 0.1) is 5.92 Å². The van der Waals surface area contributed by atoms with Crippen molar-refractivity contribution in [2.75, 3.05) is 6.54 Å². The van der Waals surface area contributed by atoms with E-state index in [9.17, 15) is 4.79 Å². The highest BCUT2D eigenvalue weighted by Crippen LogP contribution is 2.19. The molecule has 0 saturated heterocycles. The molecule has 0 heterocycles. The summed E-state index contributed by atoms with van der Waals surface area (Å²) in [5.74, 6) is -0.322. The molecular formula is C10H21NO2. The molecule has 0 aromatic carbocycles. The van der Waals surface area contributed by atoms with Gasteiger partial charge in [0.1, 0.15) is 0 Å². The molecule has 0 aliphatic heterocycles. The van der Waals surface area contributed by atoms with Gasteiger partial charge in [-0.15, -0.1) is 0 Å². The van der Waals surface area contributed by atoms with Crippen LogP contribution in [0.4, 0.5) is 0 Å². The number of rotatable bonds is 6. The lowest BCUT2D eigenvalue weighted by atomic mass is 9.88. The second-order valence-corrected chi connectivity index (χ2v) is 4.13. The molecule has 0 saturated carbocycles. The molecule has 3 heteroatoms. The lowest BCUT2D eigenvalue weighted by Gasteiger charge is -2.19. The molecule has 0 aliphatic rings. The normalized spacial score (nSPS) is 15.8. The number of hydrogen-bond acceptors (Lipinski definition) is 2. The monoisotopic (exact) mass is 187 g/mol. The molecule has 0 fully saturated rings. The van der Waals surface area contributed by atoms with Crippen LogP contribution in [0.1, 0.15) is 33.6 Å². The van der Waals surface area contributed by atoms with E-state index >= 15 is 0 Å². The van der Waals surface area contributed by atoms with Gasteiger partial charge in [-0.1, -0.05) is 27.2 Å². The Morgan fingerprint density at radius 1 is 1.31 bits per heavy atom. The van der Waals surface area contributed by atoms with Crippen molar-refractivity contribution >= 4 is 5.97 Å². The third-order valence-electron chi connectivity index (χ3n) is 2.46. The average molecular weight is 187 g/mol. The van der Waals surface area contributed by atoms with E-state index < -0.39 is 5.97 Å². The molecular weight excluding hydrogens is 166 g/mol. The number of carbonyl (C=O) groups is 1. The zero-order valence-corrected chi connectivity index (χ0v) is 8.79. The first-order chi connectivity index (χ1) is 5.99. The predicted molar refractivity (Wildman–Crippen MR) is 53.4 cm³/mol. The molecule has 13 heavy (non-hydrogen) atoms. The highest BCUT2D eigenvalue weighted by molar-refractivity contribution is 5.70. The Bertz CT molecular complexity index is 157. The van der Waals surface area contributed by atoms with Crippen molar-refractivity contribution in [2.24, 2.45) is 23.5 Å². The highest BCUT2D eigenvalue weighted by atomic mass is 16.4. The van der Waals surface area contributed by atoms with E-state index in [1.54, 1.807) is 0 Å². The number of aliphatic carboxylic acids is 1. The molecule has 78 valence electrons. The summed E-state index contributed by atoms with van der Waals surface area (Å²) >= 11 is 0. The van der Waals surface area contributed by atoms with Crippen LogP contribution in [0.3, 0.4) is 0 Å². The van der Waals surface area contributed by atoms with Crippen LogP contribution in [0.5, 0.6) is 0 Å². The van der Waals surface area contributed by atoms with Crippen LogP contribution >= 0.6 is 0 Å². The number of carboxylic acids is 1. The standard InChI is InChI=1S/C10H21NO2/c1-7(2)4-5-8(3)9(6-11)10(12)13/h7-9H,4-6,11H2,1-3H3,(H,12,13). The summed E-state index contributed by atoms with van der Waals surface area (Å²) in [6.45, 7) is 6.50. The Kier molecular flexibility index (Phi) is 5.71. The predicted octanol–water partition coefficient (Wildman–Crippen LogP) is 1.72. The first-order valence-electron chi connectivity index (χ1n) is 4.91. The molecule has 0 aromatic rings. The lowest BCUT2D eigenvalue weighted by Crippen LogP contribution is -2.29. The van der Waals surface area contributed by atoms with Gasteiger partial charge in [-0.3, -0.25) is 4.79 Å². The lowest BCUT2D eigenvalue weighted by molar-refractivity contribution is -0.143. The van der Waals surface area contributed by atoms with Crippen molar-refractivity contribution in [1.29, 1.82) is 0 Å². The first-order valence-corrected chi connectivity index (χ1v) is 4.91. The van der Waals surface area contributed by atoms with Crippen molar-refractivity contribution in [3.63, 3.8) is 0 Å². The zero-order chi connectivity index (χ0) is 10.4. The van der Waals surface area contributed by atoms with Crippen molar-refractivity contribution in [3.05, 3.63) is 0 Å². The molecule has 0 aliphatic carbocycles. The van der Waals surface area contributed by atoms with E-state index in [0.717, 1.165) is 12.8 Å². The van der Waals surface area contributed by atoms with Gasteiger partial charge in [-0.05, 0) is 18.3 Å². The molecule has 2 unspecified atom stereocenters. The summed E-state index contributed by atoms with van der Waals surface area (Å²) in [7, 11) is 0. The van der Waals surface area contributed by atoms with E-state index in [0.29, 0.717) is 5.92 Å². The molecule has 0 radical (unpaired) electrons. The first kappa shape index (κ1) is 12.4. The second kappa shape index (κ2) is 5.97. The number of nitrogens with two attached hydrogens (primary N) is 1. The summed E-state index contributed by atoms with van der Waals surface area (Å²) in [5, 5.41) is 8.83. The molecule has 0 bridgehead atoms. The molecule has 2 atom stereocenters. The average Bonchev–Trinajstić information content (AvgIpc) is 2.01. The van der Waals surface area contributed by atoms with Gasteiger partial charge < -0.3 is 10.8 Å². The van der Waals surface area contributed by atoms with Crippen molar-refractivity contribution in [1.82, 2.24) is 0 Å². The molecule has 0 amide bonds. The number of carboxylic acid groups (broad SMARTS) is 1. The maximum absolute atomic E-state index is 10.7. The van der Waals surface area contributed by atoms with Gasteiger partial charge >= 0.3 is 5.97 Å². The van der Waals surface area contributed by atoms with Gasteiger partial charge in [0.25, 0.3) is 0 Å². The van der Waals surface area contributed by atoms with Gasteiger partial charge in [-0.2, -0.15) is 0 Å². The van der Waals surface area contributed by atoms with Crippen LogP contribution in [0, 0.1) is 17.8 Å². The van der Waals surface area contributed by atoms with Gasteiger partial charge in [0.2, 0.25) is 0 Å². The van der Waals surface area contributed by atoms with Crippen LogP contribution in [0.15, 0.2) is 0 Å². The Labute approximate surface area is 80.3 Å². The van der Waals surface area contributed by atoms with Crippen LogP contribution in [0.2, 0.25) is 0 Å². The van der Waals surface area contributed by atoms with E-state index in [-0.39, 0.29) is 18.4 Å². The molecule has 0 spiro atoms. The summed E-state index contributed by atoms with van der Waals surface area (Å²) in [4.78, 5) is 10.7. The van der Waals surface area contributed by atoms with Gasteiger partial charge in [-0.25, -0.2) is 0 Å². The minimum absolute atomic E-state index is 0.185. The quantitative estimate of drug-likeness (QED) is 0.665. The Morgan fingerprint density at radius 3 is 2.15 bits per heavy atom. The van der Waals surface area contributed by atoms with E-state index in [1.165, 1.54) is 0 Å². The van der Waals surface area contributed by atoms with E-state index in [1.807, 2.05) is 6.92 Å². The summed E-state index contributed by atoms with van der Waals surface area (Å²) in [6.07, 6.45) is 2.02. The largest absolute Gasteiger partial charge is 0.481 e. The molecule has 3 nitrogen and oxygen atoms in total. The minimum Gasteiger partial charge on any atom is -0.481 e. The third kappa shape index (κ3) is 4.88. The van der Waals surface area contributed by atoms with Gasteiger partial charge in [0, 0.05) is 6.54 Å². The highest BCUT2D eigenvalue weighted by Gasteiger charge is 2.22. The fourth-order valence-corrected chi connectivity index (χ4v) is 1.37. The summed E-state index contributed by atoms with van der Waals surface area (Å²) in [6, 6.07) is 0. The minimum atomic E-state index is -0.765. The topological polar surface area (TPSA) is 63.3 Å². The Hall–Kier alpha value is -0.570. The maximum atomic E-state index is 10.7. The van der Waals surface area contributed by atoms with Crippen molar-refractivity contribution in [3.8, 4) is 0 Å². The Morgan fingerprint density at radius 2 is 1.85 bits per heavy atom. The Balaban J connectivity index is 3.91. The maximum Gasteiger partial charge on any atom is 0.308 e. The summed E-state index contributed by atoms with van der Waals surface area (Å²) < 4.78 is 0. The molecule has 3 N–H and O–H groups in total. The van der Waals surface area contributed by atoms with E-state index in [2.05, 4.69) is 13.8 Å². The fourth-order valence-electron chi connectivity index (χ4n) is 1.37. The second-order valence-electron chi connectivity index (χ2n) is 4.13. The van der Waals surface area contributed by atoms with Crippen molar-refractivity contribution < 1.29 is 9.90 Å². The SMILES string of the molecule is CC(C)CCC(C)C(CN)C(=O)O. The molecule has 0 aromatic heterocycles. The third-order valence-corrected chi connectivity index (χ3v) is 2.46.